The quantitative estimate of drug-likeness (QED) is 0.882. The molecule has 1 aromatic rings. The lowest BCUT2D eigenvalue weighted by Gasteiger charge is -2.24. The third-order valence-electron chi connectivity index (χ3n) is 3.80. The van der Waals surface area contributed by atoms with Crippen LogP contribution >= 0.6 is 0 Å². The summed E-state index contributed by atoms with van der Waals surface area (Å²) in [6.07, 6.45) is 1.06. The van der Waals surface area contributed by atoms with E-state index in [1.165, 1.54) is 0 Å². The maximum absolute atomic E-state index is 6.05. The van der Waals surface area contributed by atoms with Crippen molar-refractivity contribution in [1.29, 1.82) is 0 Å². The van der Waals surface area contributed by atoms with E-state index in [1.54, 1.807) is 14.2 Å². The number of rotatable bonds is 4. The molecule has 1 aromatic carbocycles. The molecule has 0 amide bonds. The van der Waals surface area contributed by atoms with E-state index in [4.69, 9.17) is 15.2 Å². The van der Waals surface area contributed by atoms with Crippen molar-refractivity contribution in [3.63, 3.8) is 0 Å². The number of nitrogens with zero attached hydrogens (tertiary/aromatic N) is 1. The smallest absolute Gasteiger partial charge is 0.165 e. The Bertz CT molecular complexity index is 409. The summed E-state index contributed by atoms with van der Waals surface area (Å²) >= 11 is 0. The Kier molecular flexibility index (Phi) is 4.09. The fourth-order valence-electron chi connectivity index (χ4n) is 2.55. The molecule has 100 valence electrons. The number of ether oxygens (including phenoxy) is 2. The van der Waals surface area contributed by atoms with Gasteiger partial charge in [0.05, 0.1) is 14.2 Å². The topological polar surface area (TPSA) is 47.7 Å². The van der Waals surface area contributed by atoms with Crippen molar-refractivity contribution < 1.29 is 9.47 Å². The number of benzene rings is 1. The fourth-order valence-corrected chi connectivity index (χ4v) is 2.55. The average Bonchev–Trinajstić information content (AvgIpc) is 2.70. The molecule has 2 unspecified atom stereocenters. The molecular weight excluding hydrogens is 228 g/mol. The lowest BCUT2D eigenvalue weighted by Crippen LogP contribution is -2.36. The zero-order valence-corrected chi connectivity index (χ0v) is 11.3. The Morgan fingerprint density at radius 3 is 2.67 bits per heavy atom. The summed E-state index contributed by atoms with van der Waals surface area (Å²) < 4.78 is 10.8. The normalized spacial score (nSPS) is 24.2. The van der Waals surface area contributed by atoms with Crippen LogP contribution in [0.2, 0.25) is 0 Å². The zero-order chi connectivity index (χ0) is 13.1. The minimum atomic E-state index is 0.279. The predicted octanol–water partition coefficient (Wildman–Crippen LogP) is 1.63. The second-order valence-electron chi connectivity index (χ2n) is 4.82. The molecule has 4 heteroatoms. The Morgan fingerprint density at radius 1 is 1.33 bits per heavy atom. The van der Waals surface area contributed by atoms with E-state index < -0.39 is 0 Å². The Labute approximate surface area is 109 Å². The Hall–Kier alpha value is -1.26. The fraction of sp³-hybridized carbons (Fsp3) is 0.571. The molecule has 1 heterocycles. The summed E-state index contributed by atoms with van der Waals surface area (Å²) in [7, 11) is 3.34. The van der Waals surface area contributed by atoms with Gasteiger partial charge in [-0.2, -0.15) is 0 Å². The van der Waals surface area contributed by atoms with Crippen LogP contribution in [0.5, 0.6) is 11.5 Å². The summed E-state index contributed by atoms with van der Waals surface area (Å²) in [6, 6.07) is 6.69. The molecule has 2 N–H and O–H groups in total. The highest BCUT2D eigenvalue weighted by Crippen LogP contribution is 2.32. The maximum atomic E-state index is 6.05. The van der Waals surface area contributed by atoms with Gasteiger partial charge in [-0.3, -0.25) is 4.90 Å². The van der Waals surface area contributed by atoms with Gasteiger partial charge in [0.2, 0.25) is 0 Å². The van der Waals surface area contributed by atoms with Crippen molar-refractivity contribution in [2.24, 2.45) is 5.73 Å². The molecule has 1 aliphatic heterocycles. The van der Waals surface area contributed by atoms with E-state index in [2.05, 4.69) is 17.9 Å². The van der Waals surface area contributed by atoms with Gasteiger partial charge in [0.1, 0.15) is 0 Å². The summed E-state index contributed by atoms with van der Waals surface area (Å²) in [4.78, 5) is 2.39. The Morgan fingerprint density at radius 2 is 2.11 bits per heavy atom. The summed E-state index contributed by atoms with van der Waals surface area (Å²) in [6.45, 7) is 4.09. The van der Waals surface area contributed by atoms with Gasteiger partial charge in [-0.05, 0) is 19.4 Å². The second kappa shape index (κ2) is 5.59. The summed E-state index contributed by atoms with van der Waals surface area (Å²) in [5.74, 6) is 1.61. The van der Waals surface area contributed by atoms with Crippen molar-refractivity contribution >= 4 is 0 Å². The standard InChI is InChI=1S/C14H22N2O2/c1-10-12(15)7-8-16(10)9-11-5-4-6-13(17-2)14(11)18-3/h4-6,10,12H,7-9,15H2,1-3H3. The average molecular weight is 250 g/mol. The van der Waals surface area contributed by atoms with Crippen LogP contribution in [0.15, 0.2) is 18.2 Å². The van der Waals surface area contributed by atoms with Crippen LogP contribution < -0.4 is 15.2 Å². The van der Waals surface area contributed by atoms with Crippen LogP contribution in [-0.2, 0) is 6.54 Å². The number of hydrogen-bond donors (Lipinski definition) is 1. The summed E-state index contributed by atoms with van der Waals surface area (Å²) in [5, 5.41) is 0. The minimum absolute atomic E-state index is 0.279. The molecule has 0 bridgehead atoms. The maximum Gasteiger partial charge on any atom is 0.165 e. The molecule has 18 heavy (non-hydrogen) atoms. The van der Waals surface area contributed by atoms with Gasteiger partial charge >= 0.3 is 0 Å². The van der Waals surface area contributed by atoms with Crippen LogP contribution in [0.25, 0.3) is 0 Å². The molecule has 0 radical (unpaired) electrons. The number of likely N-dealkylation sites (tertiary alicyclic amines) is 1. The van der Waals surface area contributed by atoms with Gasteiger partial charge < -0.3 is 15.2 Å². The first-order valence-electron chi connectivity index (χ1n) is 6.37. The lowest BCUT2D eigenvalue weighted by atomic mass is 10.1. The molecule has 2 rings (SSSR count). The van der Waals surface area contributed by atoms with E-state index in [0.717, 1.165) is 36.6 Å². The zero-order valence-electron chi connectivity index (χ0n) is 11.3. The largest absolute Gasteiger partial charge is 0.493 e. The van der Waals surface area contributed by atoms with Crippen molar-refractivity contribution in [1.82, 2.24) is 4.90 Å². The molecule has 0 aromatic heterocycles. The van der Waals surface area contributed by atoms with Gasteiger partial charge in [0, 0.05) is 30.7 Å². The molecule has 0 aliphatic carbocycles. The third-order valence-corrected chi connectivity index (χ3v) is 3.80. The van der Waals surface area contributed by atoms with Crippen LogP contribution in [0.4, 0.5) is 0 Å². The van der Waals surface area contributed by atoms with E-state index in [1.807, 2.05) is 12.1 Å². The molecule has 2 atom stereocenters. The minimum Gasteiger partial charge on any atom is -0.493 e. The molecular formula is C14H22N2O2. The van der Waals surface area contributed by atoms with Gasteiger partial charge in [0.25, 0.3) is 0 Å². The summed E-state index contributed by atoms with van der Waals surface area (Å²) in [5.41, 5.74) is 7.20. The molecule has 4 nitrogen and oxygen atoms in total. The van der Waals surface area contributed by atoms with E-state index in [0.29, 0.717) is 6.04 Å². The highest BCUT2D eigenvalue weighted by Gasteiger charge is 2.28. The number of methoxy groups -OCH3 is 2. The third kappa shape index (κ3) is 2.44. The SMILES string of the molecule is COc1cccc(CN2CCC(N)C2C)c1OC. The van der Waals surface area contributed by atoms with Crippen molar-refractivity contribution in [2.75, 3.05) is 20.8 Å². The predicted molar refractivity (Wildman–Crippen MR) is 72.0 cm³/mol. The van der Waals surface area contributed by atoms with Gasteiger partial charge in [0.15, 0.2) is 11.5 Å². The number of nitrogens with two attached hydrogens (primary N) is 1. The first-order chi connectivity index (χ1) is 8.67. The van der Waals surface area contributed by atoms with Crippen molar-refractivity contribution in [2.45, 2.75) is 32.0 Å². The Balaban J connectivity index is 2.19. The van der Waals surface area contributed by atoms with E-state index in [9.17, 15) is 0 Å². The van der Waals surface area contributed by atoms with Gasteiger partial charge in [-0.15, -0.1) is 0 Å². The lowest BCUT2D eigenvalue weighted by molar-refractivity contribution is 0.246. The molecule has 1 fully saturated rings. The van der Waals surface area contributed by atoms with Crippen LogP contribution in [0.1, 0.15) is 18.9 Å². The highest BCUT2D eigenvalue weighted by atomic mass is 16.5. The number of para-hydroxylation sites is 1. The van der Waals surface area contributed by atoms with Crippen molar-refractivity contribution in [3.8, 4) is 11.5 Å². The van der Waals surface area contributed by atoms with Crippen LogP contribution in [0, 0.1) is 0 Å². The monoisotopic (exact) mass is 250 g/mol. The van der Waals surface area contributed by atoms with Crippen LogP contribution in [-0.4, -0.2) is 37.7 Å². The first-order valence-corrected chi connectivity index (χ1v) is 6.37. The number of hydrogen-bond acceptors (Lipinski definition) is 4. The van der Waals surface area contributed by atoms with Gasteiger partial charge in [-0.25, -0.2) is 0 Å². The molecule has 1 aliphatic rings. The molecule has 0 saturated carbocycles. The van der Waals surface area contributed by atoms with Crippen LogP contribution in [0.3, 0.4) is 0 Å². The second-order valence-corrected chi connectivity index (χ2v) is 4.82. The molecule has 0 spiro atoms. The first kappa shape index (κ1) is 13.2. The van der Waals surface area contributed by atoms with Gasteiger partial charge in [-0.1, -0.05) is 12.1 Å². The highest BCUT2D eigenvalue weighted by molar-refractivity contribution is 5.46. The van der Waals surface area contributed by atoms with E-state index in [-0.39, 0.29) is 6.04 Å². The van der Waals surface area contributed by atoms with E-state index >= 15 is 0 Å². The van der Waals surface area contributed by atoms with Crippen molar-refractivity contribution in [3.05, 3.63) is 23.8 Å². The molecule has 1 saturated heterocycles.